The van der Waals surface area contributed by atoms with Crippen molar-refractivity contribution in [2.75, 3.05) is 0 Å². The molecule has 2 aromatic rings. The van der Waals surface area contributed by atoms with Crippen LogP contribution in [0.2, 0.25) is 0 Å². The van der Waals surface area contributed by atoms with Gasteiger partial charge in [0.25, 0.3) is 0 Å². The molecule has 0 radical (unpaired) electrons. The van der Waals surface area contributed by atoms with E-state index in [2.05, 4.69) is 15.9 Å². The minimum absolute atomic E-state index is 0.0833. The molecule has 0 unspecified atom stereocenters. The summed E-state index contributed by atoms with van der Waals surface area (Å²) in [6, 6.07) is 10.2. The van der Waals surface area contributed by atoms with E-state index in [9.17, 15) is 9.18 Å². The number of ketones is 1. The van der Waals surface area contributed by atoms with Crippen LogP contribution in [0, 0.1) is 19.7 Å². The summed E-state index contributed by atoms with van der Waals surface area (Å²) in [6.07, 6.45) is 0.287. The SMILES string of the molecule is Cc1ccc(C)c(CC(=O)c2cc(F)ccc2Br)c1. The molecule has 0 amide bonds. The highest BCUT2D eigenvalue weighted by atomic mass is 79.9. The highest BCUT2D eigenvalue weighted by Gasteiger charge is 2.13. The largest absolute Gasteiger partial charge is 0.294 e. The van der Waals surface area contributed by atoms with Gasteiger partial charge in [-0.25, -0.2) is 4.39 Å². The van der Waals surface area contributed by atoms with E-state index in [1.165, 1.54) is 12.1 Å². The van der Waals surface area contributed by atoms with Crippen molar-refractivity contribution in [3.8, 4) is 0 Å². The predicted molar refractivity (Wildman–Crippen MR) is 78.1 cm³/mol. The maximum absolute atomic E-state index is 13.2. The molecule has 0 aliphatic carbocycles. The highest BCUT2D eigenvalue weighted by Crippen LogP contribution is 2.21. The number of halogens is 2. The van der Waals surface area contributed by atoms with E-state index in [0.717, 1.165) is 16.7 Å². The van der Waals surface area contributed by atoms with Gasteiger partial charge < -0.3 is 0 Å². The van der Waals surface area contributed by atoms with E-state index in [1.54, 1.807) is 6.07 Å². The van der Waals surface area contributed by atoms with Gasteiger partial charge in [-0.15, -0.1) is 0 Å². The van der Waals surface area contributed by atoms with Crippen molar-refractivity contribution < 1.29 is 9.18 Å². The van der Waals surface area contributed by atoms with Gasteiger partial charge >= 0.3 is 0 Å². The molecule has 0 saturated carbocycles. The Kier molecular flexibility index (Phi) is 4.15. The topological polar surface area (TPSA) is 17.1 Å². The predicted octanol–water partition coefficient (Wildman–Crippen LogP) is 4.63. The van der Waals surface area contributed by atoms with Gasteiger partial charge in [0.15, 0.2) is 5.78 Å². The van der Waals surface area contributed by atoms with Crippen LogP contribution in [0.4, 0.5) is 4.39 Å². The van der Waals surface area contributed by atoms with Crippen LogP contribution in [-0.4, -0.2) is 5.78 Å². The van der Waals surface area contributed by atoms with E-state index in [-0.39, 0.29) is 12.2 Å². The quantitative estimate of drug-likeness (QED) is 0.753. The number of Topliss-reactive ketones (excluding diaryl/α,β-unsaturated/α-hetero) is 1. The van der Waals surface area contributed by atoms with Crippen molar-refractivity contribution in [1.29, 1.82) is 0 Å². The molecule has 0 aliphatic heterocycles. The zero-order valence-electron chi connectivity index (χ0n) is 10.8. The van der Waals surface area contributed by atoms with Gasteiger partial charge in [0, 0.05) is 16.5 Å². The van der Waals surface area contributed by atoms with Gasteiger partial charge in [0.1, 0.15) is 5.82 Å². The zero-order chi connectivity index (χ0) is 14.0. The molecule has 0 fully saturated rings. The maximum atomic E-state index is 13.2. The number of rotatable bonds is 3. The van der Waals surface area contributed by atoms with Crippen molar-refractivity contribution in [3.63, 3.8) is 0 Å². The smallest absolute Gasteiger partial charge is 0.168 e. The summed E-state index contributed by atoms with van der Waals surface area (Å²) in [7, 11) is 0. The fraction of sp³-hybridized carbons (Fsp3) is 0.188. The number of carbonyl (C=O) groups is 1. The van der Waals surface area contributed by atoms with Crippen molar-refractivity contribution in [2.45, 2.75) is 20.3 Å². The molecule has 0 heterocycles. The summed E-state index contributed by atoms with van der Waals surface area (Å²) < 4.78 is 13.8. The van der Waals surface area contributed by atoms with Crippen LogP contribution in [-0.2, 0) is 6.42 Å². The summed E-state index contributed by atoms with van der Waals surface area (Å²) in [5.74, 6) is -0.479. The first-order valence-corrected chi connectivity index (χ1v) is 6.81. The fourth-order valence-electron chi connectivity index (χ4n) is 1.97. The summed E-state index contributed by atoms with van der Waals surface area (Å²) in [4.78, 5) is 12.3. The van der Waals surface area contributed by atoms with Crippen LogP contribution in [0.3, 0.4) is 0 Å². The second kappa shape index (κ2) is 5.66. The molecule has 0 saturated heterocycles. The normalized spacial score (nSPS) is 10.5. The number of hydrogen-bond donors (Lipinski definition) is 0. The van der Waals surface area contributed by atoms with Crippen LogP contribution in [0.1, 0.15) is 27.0 Å². The summed E-state index contributed by atoms with van der Waals surface area (Å²) in [6.45, 7) is 3.97. The number of benzene rings is 2. The van der Waals surface area contributed by atoms with Crippen LogP contribution in [0.5, 0.6) is 0 Å². The van der Waals surface area contributed by atoms with E-state index in [0.29, 0.717) is 10.0 Å². The molecule has 1 nitrogen and oxygen atoms in total. The molecule has 98 valence electrons. The molecule has 0 aliphatic rings. The van der Waals surface area contributed by atoms with Crippen molar-refractivity contribution in [3.05, 3.63) is 68.9 Å². The summed E-state index contributed by atoms with van der Waals surface area (Å²) in [5, 5.41) is 0. The Balaban J connectivity index is 2.30. The number of carbonyl (C=O) groups excluding carboxylic acids is 1. The Morgan fingerprint density at radius 2 is 1.89 bits per heavy atom. The van der Waals surface area contributed by atoms with Crippen LogP contribution in [0.25, 0.3) is 0 Å². The van der Waals surface area contributed by atoms with Gasteiger partial charge in [-0.1, -0.05) is 39.7 Å². The Morgan fingerprint density at radius 1 is 1.16 bits per heavy atom. The third-order valence-electron chi connectivity index (χ3n) is 3.08. The molecular formula is C16H14BrFO. The monoisotopic (exact) mass is 320 g/mol. The van der Waals surface area contributed by atoms with E-state index in [1.807, 2.05) is 32.0 Å². The van der Waals surface area contributed by atoms with Crippen molar-refractivity contribution in [1.82, 2.24) is 0 Å². The van der Waals surface area contributed by atoms with E-state index in [4.69, 9.17) is 0 Å². The van der Waals surface area contributed by atoms with Gasteiger partial charge in [-0.3, -0.25) is 4.79 Å². The Bertz CT molecular complexity index is 635. The highest BCUT2D eigenvalue weighted by molar-refractivity contribution is 9.10. The summed E-state index contributed by atoms with van der Waals surface area (Å²) >= 11 is 3.29. The zero-order valence-corrected chi connectivity index (χ0v) is 12.4. The van der Waals surface area contributed by atoms with Gasteiger partial charge in [-0.2, -0.15) is 0 Å². The second-order valence-electron chi connectivity index (χ2n) is 4.65. The van der Waals surface area contributed by atoms with Crippen molar-refractivity contribution >= 4 is 21.7 Å². The minimum atomic E-state index is -0.396. The average molecular weight is 321 g/mol. The lowest BCUT2D eigenvalue weighted by Crippen LogP contribution is -2.06. The Labute approximate surface area is 120 Å². The van der Waals surface area contributed by atoms with E-state index < -0.39 is 5.82 Å². The lowest BCUT2D eigenvalue weighted by Gasteiger charge is -2.08. The summed E-state index contributed by atoms with van der Waals surface area (Å²) in [5.41, 5.74) is 3.57. The molecule has 0 atom stereocenters. The molecule has 2 aromatic carbocycles. The number of aryl methyl sites for hydroxylation is 2. The maximum Gasteiger partial charge on any atom is 0.168 e. The second-order valence-corrected chi connectivity index (χ2v) is 5.51. The molecule has 19 heavy (non-hydrogen) atoms. The first-order chi connectivity index (χ1) is 8.97. The van der Waals surface area contributed by atoms with Gasteiger partial charge in [0.2, 0.25) is 0 Å². The Hall–Kier alpha value is -1.48. The van der Waals surface area contributed by atoms with Crippen LogP contribution >= 0.6 is 15.9 Å². The molecule has 0 bridgehead atoms. The lowest BCUT2D eigenvalue weighted by atomic mass is 9.98. The molecule has 0 spiro atoms. The molecule has 3 heteroatoms. The first-order valence-electron chi connectivity index (χ1n) is 6.02. The number of hydrogen-bond acceptors (Lipinski definition) is 1. The van der Waals surface area contributed by atoms with Crippen LogP contribution < -0.4 is 0 Å². The van der Waals surface area contributed by atoms with Gasteiger partial charge in [-0.05, 0) is 43.2 Å². The average Bonchev–Trinajstić information content (AvgIpc) is 2.36. The Morgan fingerprint density at radius 3 is 2.63 bits per heavy atom. The lowest BCUT2D eigenvalue weighted by molar-refractivity contribution is 0.0991. The molecule has 0 N–H and O–H groups in total. The van der Waals surface area contributed by atoms with Crippen LogP contribution in [0.15, 0.2) is 40.9 Å². The third kappa shape index (κ3) is 3.29. The van der Waals surface area contributed by atoms with Gasteiger partial charge in [0.05, 0.1) is 0 Å². The minimum Gasteiger partial charge on any atom is -0.294 e. The van der Waals surface area contributed by atoms with E-state index >= 15 is 0 Å². The third-order valence-corrected chi connectivity index (χ3v) is 3.78. The molecule has 0 aromatic heterocycles. The van der Waals surface area contributed by atoms with Crippen molar-refractivity contribution in [2.24, 2.45) is 0 Å². The first kappa shape index (κ1) is 13.9. The molecular weight excluding hydrogens is 307 g/mol. The fourth-order valence-corrected chi connectivity index (χ4v) is 2.44. The molecule has 2 rings (SSSR count). The standard InChI is InChI=1S/C16H14BrFO/c1-10-3-4-11(2)12(7-10)8-16(19)14-9-13(18)5-6-15(14)17/h3-7,9H,8H2,1-2H3.